The molecule has 0 heterocycles. The molecule has 0 aliphatic carbocycles. The van der Waals surface area contributed by atoms with Crippen LogP contribution in [0.3, 0.4) is 0 Å². The minimum Gasteiger partial charge on any atom is -0.444 e. The largest absolute Gasteiger partial charge is 0.444 e. The summed E-state index contributed by atoms with van der Waals surface area (Å²) in [6.07, 6.45) is 2.35. The Morgan fingerprint density at radius 2 is 1.69 bits per heavy atom. The van der Waals surface area contributed by atoms with Crippen LogP contribution in [0.2, 0.25) is 0 Å². The van der Waals surface area contributed by atoms with Crippen molar-refractivity contribution in [3.8, 4) is 0 Å². The van der Waals surface area contributed by atoms with Crippen LogP contribution in [0.5, 0.6) is 0 Å². The van der Waals surface area contributed by atoms with Crippen molar-refractivity contribution in [2.45, 2.75) is 105 Å². The van der Waals surface area contributed by atoms with Gasteiger partial charge in [0.25, 0.3) is 0 Å². The predicted octanol–water partition coefficient (Wildman–Crippen LogP) is 5.46. The molecule has 7 nitrogen and oxygen atoms in total. The zero-order valence-corrected chi connectivity index (χ0v) is 23.0. The molecule has 0 saturated heterocycles. The van der Waals surface area contributed by atoms with Gasteiger partial charge in [-0.15, -0.1) is 0 Å². The first-order chi connectivity index (χ1) is 16.2. The molecule has 0 aromatic heterocycles. The van der Waals surface area contributed by atoms with Crippen molar-refractivity contribution in [1.82, 2.24) is 15.5 Å². The van der Waals surface area contributed by atoms with Gasteiger partial charge in [0.2, 0.25) is 11.8 Å². The van der Waals surface area contributed by atoms with Gasteiger partial charge in [-0.1, -0.05) is 58.0 Å². The Balaban J connectivity index is 3.60. The lowest BCUT2D eigenvalue weighted by molar-refractivity contribution is -0.146. The van der Waals surface area contributed by atoms with Crippen molar-refractivity contribution in [3.05, 3.63) is 42.0 Å². The van der Waals surface area contributed by atoms with E-state index in [0.717, 1.165) is 5.56 Å². The number of hydrogen-bond donors (Lipinski definition) is 2. The van der Waals surface area contributed by atoms with Crippen molar-refractivity contribution < 1.29 is 19.1 Å². The van der Waals surface area contributed by atoms with Crippen LogP contribution in [-0.2, 0) is 14.3 Å². The monoisotopic (exact) mass is 487 g/mol. The molecule has 3 amide bonds. The van der Waals surface area contributed by atoms with Crippen molar-refractivity contribution in [2.75, 3.05) is 0 Å². The molecule has 0 saturated carbocycles. The molecule has 7 heteroatoms. The van der Waals surface area contributed by atoms with E-state index in [1.54, 1.807) is 31.7 Å². The average molecular weight is 488 g/mol. The van der Waals surface area contributed by atoms with Gasteiger partial charge >= 0.3 is 6.09 Å². The number of hydrogen-bond acceptors (Lipinski definition) is 4. The Kier molecular flexibility index (Phi) is 11.5. The van der Waals surface area contributed by atoms with Gasteiger partial charge in [0.1, 0.15) is 17.7 Å². The van der Waals surface area contributed by atoms with Crippen molar-refractivity contribution in [3.63, 3.8) is 0 Å². The molecule has 1 rings (SSSR count). The number of benzene rings is 1. The Labute approximate surface area is 211 Å². The highest BCUT2D eigenvalue weighted by Crippen LogP contribution is 2.28. The fourth-order valence-corrected chi connectivity index (χ4v) is 3.73. The lowest BCUT2D eigenvalue weighted by Crippen LogP contribution is -2.57. The number of nitrogens with one attached hydrogen (secondary N) is 2. The minimum atomic E-state index is -0.869. The quantitative estimate of drug-likeness (QED) is 0.434. The van der Waals surface area contributed by atoms with E-state index in [-0.39, 0.29) is 29.8 Å². The predicted molar refractivity (Wildman–Crippen MR) is 142 cm³/mol. The van der Waals surface area contributed by atoms with Gasteiger partial charge in [-0.05, 0) is 71.1 Å². The van der Waals surface area contributed by atoms with Gasteiger partial charge in [-0.3, -0.25) is 9.59 Å². The van der Waals surface area contributed by atoms with E-state index >= 15 is 0 Å². The SMILES string of the molecule is C=Cc1cccc(C(C(=O)NC(C)C)N(C(=O)C(NC(=O)OC(C)(C)C)C(C)CC)C(C)CC)c1. The molecule has 4 atom stereocenters. The van der Waals surface area contributed by atoms with E-state index in [9.17, 15) is 14.4 Å². The molecule has 2 N–H and O–H groups in total. The Bertz CT molecular complexity index is 875. The summed E-state index contributed by atoms with van der Waals surface area (Å²) in [4.78, 5) is 42.0. The third-order valence-corrected chi connectivity index (χ3v) is 5.89. The first kappa shape index (κ1) is 30.2. The smallest absolute Gasteiger partial charge is 0.408 e. The van der Waals surface area contributed by atoms with Crippen molar-refractivity contribution in [2.24, 2.45) is 5.92 Å². The fraction of sp³-hybridized carbons (Fsp3) is 0.607. The van der Waals surface area contributed by atoms with Crippen LogP contribution >= 0.6 is 0 Å². The molecule has 0 aliphatic rings. The van der Waals surface area contributed by atoms with Gasteiger partial charge < -0.3 is 20.3 Å². The molecule has 0 radical (unpaired) electrons. The van der Waals surface area contributed by atoms with E-state index in [1.807, 2.05) is 65.8 Å². The Morgan fingerprint density at radius 1 is 1.06 bits per heavy atom. The molecule has 4 unspecified atom stereocenters. The average Bonchev–Trinajstić information content (AvgIpc) is 2.77. The van der Waals surface area contributed by atoms with Gasteiger partial charge in [-0.2, -0.15) is 0 Å². The van der Waals surface area contributed by atoms with Crippen LogP contribution in [0, 0.1) is 5.92 Å². The molecule has 1 aromatic rings. The zero-order chi connectivity index (χ0) is 26.9. The summed E-state index contributed by atoms with van der Waals surface area (Å²) < 4.78 is 5.44. The Morgan fingerprint density at radius 3 is 2.17 bits per heavy atom. The molecule has 0 aliphatic heterocycles. The van der Waals surface area contributed by atoms with Gasteiger partial charge in [0.05, 0.1) is 0 Å². The molecular formula is C28H45N3O4. The maximum Gasteiger partial charge on any atom is 0.408 e. The van der Waals surface area contributed by atoms with Crippen LogP contribution in [0.1, 0.15) is 92.3 Å². The van der Waals surface area contributed by atoms with E-state index in [1.165, 1.54) is 0 Å². The van der Waals surface area contributed by atoms with E-state index in [4.69, 9.17) is 4.74 Å². The number of nitrogens with zero attached hydrogens (tertiary/aromatic N) is 1. The number of ether oxygens (including phenoxy) is 1. The topological polar surface area (TPSA) is 87.7 Å². The molecule has 196 valence electrons. The third-order valence-electron chi connectivity index (χ3n) is 5.89. The van der Waals surface area contributed by atoms with E-state index in [2.05, 4.69) is 17.2 Å². The standard InChI is InChI=1S/C28H45N3O4/c1-11-19(6)23(30-27(34)35-28(8,9)10)26(33)31(20(7)12-2)24(25(32)29-18(4)5)22-16-14-15-21(13-3)17-22/h13-20,23-24H,3,11-12H2,1-2,4-10H3,(H,29,32)(H,30,34). The van der Waals surface area contributed by atoms with Crippen molar-refractivity contribution in [1.29, 1.82) is 0 Å². The van der Waals surface area contributed by atoms with E-state index in [0.29, 0.717) is 18.4 Å². The van der Waals surface area contributed by atoms with Crippen LogP contribution in [0.25, 0.3) is 6.08 Å². The maximum atomic E-state index is 14.2. The number of carbonyl (C=O) groups is 3. The Hall–Kier alpha value is -2.83. The second-order valence-electron chi connectivity index (χ2n) is 10.5. The highest BCUT2D eigenvalue weighted by molar-refractivity contribution is 5.92. The second kappa shape index (κ2) is 13.3. The molecule has 1 aromatic carbocycles. The fourth-order valence-electron chi connectivity index (χ4n) is 3.73. The lowest BCUT2D eigenvalue weighted by Gasteiger charge is -2.39. The van der Waals surface area contributed by atoms with Gasteiger partial charge in [-0.25, -0.2) is 4.79 Å². The molecule has 35 heavy (non-hydrogen) atoms. The minimum absolute atomic E-state index is 0.105. The zero-order valence-electron chi connectivity index (χ0n) is 23.0. The second-order valence-corrected chi connectivity index (χ2v) is 10.5. The normalized spacial score (nSPS) is 14.9. The first-order valence-electron chi connectivity index (χ1n) is 12.6. The summed E-state index contributed by atoms with van der Waals surface area (Å²) in [5.74, 6) is -0.752. The number of rotatable bonds is 11. The lowest BCUT2D eigenvalue weighted by atomic mass is 9.93. The number of amides is 3. The maximum absolute atomic E-state index is 14.2. The molecule has 0 bridgehead atoms. The molecule has 0 spiro atoms. The van der Waals surface area contributed by atoms with Gasteiger partial charge in [0.15, 0.2) is 0 Å². The van der Waals surface area contributed by atoms with Crippen LogP contribution in [0.4, 0.5) is 4.79 Å². The first-order valence-corrected chi connectivity index (χ1v) is 12.6. The van der Waals surface area contributed by atoms with Crippen LogP contribution in [0.15, 0.2) is 30.8 Å². The van der Waals surface area contributed by atoms with Crippen molar-refractivity contribution >= 4 is 24.0 Å². The summed E-state index contributed by atoms with van der Waals surface area (Å²) in [6.45, 7) is 20.7. The van der Waals surface area contributed by atoms with Crippen LogP contribution in [-0.4, -0.2) is 46.5 Å². The number of carbonyl (C=O) groups excluding carboxylic acids is 3. The van der Waals surface area contributed by atoms with Crippen LogP contribution < -0.4 is 10.6 Å². The summed E-state index contributed by atoms with van der Waals surface area (Å²) in [5.41, 5.74) is 0.843. The highest BCUT2D eigenvalue weighted by Gasteiger charge is 2.40. The summed E-state index contributed by atoms with van der Waals surface area (Å²) in [6, 6.07) is 5.39. The van der Waals surface area contributed by atoms with E-state index < -0.39 is 23.8 Å². The molecular weight excluding hydrogens is 442 g/mol. The third kappa shape index (κ3) is 9.04. The highest BCUT2D eigenvalue weighted by atomic mass is 16.6. The summed E-state index contributed by atoms with van der Waals surface area (Å²) >= 11 is 0. The summed E-state index contributed by atoms with van der Waals surface area (Å²) in [7, 11) is 0. The molecule has 0 fully saturated rings. The summed E-state index contributed by atoms with van der Waals surface area (Å²) in [5, 5.41) is 5.77. The number of alkyl carbamates (subject to hydrolysis) is 1. The van der Waals surface area contributed by atoms with Gasteiger partial charge in [0, 0.05) is 12.1 Å².